The van der Waals surface area contributed by atoms with Gasteiger partial charge >= 0.3 is 5.69 Å². The van der Waals surface area contributed by atoms with Gasteiger partial charge < -0.3 is 10.1 Å². The second-order valence-electron chi connectivity index (χ2n) is 3.91. The van der Waals surface area contributed by atoms with Gasteiger partial charge in [0.1, 0.15) is 5.69 Å². The normalized spacial score (nSPS) is 10.2. The van der Waals surface area contributed by atoms with Gasteiger partial charge in [0, 0.05) is 13.2 Å². The van der Waals surface area contributed by atoms with Crippen molar-refractivity contribution in [2.24, 2.45) is 7.05 Å². The molecule has 1 N–H and O–H groups in total. The van der Waals surface area contributed by atoms with Gasteiger partial charge in [-0.1, -0.05) is 6.07 Å². The standard InChI is InChI=1S/C12H14N4O3/c1-15-9(6-7-14-15)8-13-10-4-3-5-11(19-2)12(10)16(17)18/h3-7,13H,8H2,1-2H3. The summed E-state index contributed by atoms with van der Waals surface area (Å²) in [5.74, 6) is 0.236. The molecule has 0 saturated carbocycles. The molecule has 0 unspecified atom stereocenters. The first-order valence-electron chi connectivity index (χ1n) is 5.65. The van der Waals surface area contributed by atoms with Crippen molar-refractivity contribution in [3.8, 4) is 5.75 Å². The molecule has 0 fully saturated rings. The van der Waals surface area contributed by atoms with E-state index in [-0.39, 0.29) is 11.4 Å². The number of ether oxygens (including phenoxy) is 1. The summed E-state index contributed by atoms with van der Waals surface area (Å²) < 4.78 is 6.72. The maximum Gasteiger partial charge on any atom is 0.333 e. The van der Waals surface area contributed by atoms with Crippen molar-refractivity contribution in [1.82, 2.24) is 9.78 Å². The van der Waals surface area contributed by atoms with Crippen LogP contribution in [-0.4, -0.2) is 21.8 Å². The molecule has 7 nitrogen and oxygen atoms in total. The van der Waals surface area contributed by atoms with Gasteiger partial charge in [-0.05, 0) is 18.2 Å². The number of rotatable bonds is 5. The number of aryl methyl sites for hydroxylation is 1. The first kappa shape index (κ1) is 12.9. The zero-order valence-corrected chi connectivity index (χ0v) is 10.7. The maximum absolute atomic E-state index is 11.1. The lowest BCUT2D eigenvalue weighted by molar-refractivity contribution is -0.384. The molecular formula is C12H14N4O3. The molecule has 0 amide bonds. The summed E-state index contributed by atoms with van der Waals surface area (Å²) in [6, 6.07) is 6.76. The van der Waals surface area contributed by atoms with Crippen molar-refractivity contribution in [2.75, 3.05) is 12.4 Å². The fraction of sp³-hybridized carbons (Fsp3) is 0.250. The highest BCUT2D eigenvalue weighted by Crippen LogP contribution is 2.34. The van der Waals surface area contributed by atoms with E-state index in [0.717, 1.165) is 5.69 Å². The van der Waals surface area contributed by atoms with Crippen LogP contribution in [0, 0.1) is 10.1 Å². The van der Waals surface area contributed by atoms with E-state index in [9.17, 15) is 10.1 Å². The third-order valence-electron chi connectivity index (χ3n) is 2.78. The molecule has 0 radical (unpaired) electrons. The third kappa shape index (κ3) is 2.65. The van der Waals surface area contributed by atoms with Gasteiger partial charge in [0.25, 0.3) is 0 Å². The van der Waals surface area contributed by atoms with Crippen LogP contribution in [0.3, 0.4) is 0 Å². The Morgan fingerprint density at radius 3 is 2.84 bits per heavy atom. The third-order valence-corrected chi connectivity index (χ3v) is 2.78. The van der Waals surface area contributed by atoms with Gasteiger partial charge in [-0.15, -0.1) is 0 Å². The Morgan fingerprint density at radius 2 is 2.26 bits per heavy atom. The molecule has 100 valence electrons. The van der Waals surface area contributed by atoms with Crippen LogP contribution in [0.5, 0.6) is 5.75 Å². The predicted molar refractivity (Wildman–Crippen MR) is 70.2 cm³/mol. The molecule has 2 rings (SSSR count). The average Bonchev–Trinajstić information content (AvgIpc) is 2.81. The van der Waals surface area contributed by atoms with Crippen molar-refractivity contribution >= 4 is 11.4 Å². The SMILES string of the molecule is COc1cccc(NCc2ccnn2C)c1[N+](=O)[O-]. The number of nitrogens with one attached hydrogen (secondary N) is 1. The van der Waals surface area contributed by atoms with Crippen LogP contribution in [-0.2, 0) is 13.6 Å². The maximum atomic E-state index is 11.1. The summed E-state index contributed by atoms with van der Waals surface area (Å²) in [4.78, 5) is 10.6. The fourth-order valence-electron chi connectivity index (χ4n) is 1.78. The number of nitro benzene ring substituents is 1. The molecule has 0 aliphatic heterocycles. The number of hydrogen-bond donors (Lipinski definition) is 1. The Labute approximate surface area is 110 Å². The molecular weight excluding hydrogens is 248 g/mol. The number of methoxy groups -OCH3 is 1. The molecule has 1 aromatic heterocycles. The monoisotopic (exact) mass is 262 g/mol. The Morgan fingerprint density at radius 1 is 1.47 bits per heavy atom. The highest BCUT2D eigenvalue weighted by atomic mass is 16.6. The van der Waals surface area contributed by atoms with Crippen LogP contribution in [0.15, 0.2) is 30.5 Å². The lowest BCUT2D eigenvalue weighted by Crippen LogP contribution is -2.07. The van der Waals surface area contributed by atoms with E-state index in [1.165, 1.54) is 7.11 Å². The van der Waals surface area contributed by atoms with Gasteiger partial charge in [-0.2, -0.15) is 5.10 Å². The average molecular weight is 262 g/mol. The second-order valence-corrected chi connectivity index (χ2v) is 3.91. The summed E-state index contributed by atoms with van der Waals surface area (Å²) >= 11 is 0. The van der Waals surface area contributed by atoms with Crippen LogP contribution < -0.4 is 10.1 Å². The lowest BCUT2D eigenvalue weighted by Gasteiger charge is -2.09. The Balaban J connectivity index is 2.25. The van der Waals surface area contributed by atoms with E-state index in [1.807, 2.05) is 13.1 Å². The highest BCUT2D eigenvalue weighted by molar-refractivity contribution is 5.68. The quantitative estimate of drug-likeness (QED) is 0.657. The number of nitrogens with zero attached hydrogens (tertiary/aromatic N) is 3. The molecule has 0 aliphatic rings. The second kappa shape index (κ2) is 5.38. The van der Waals surface area contributed by atoms with E-state index < -0.39 is 4.92 Å². The van der Waals surface area contributed by atoms with Crippen LogP contribution >= 0.6 is 0 Å². The summed E-state index contributed by atoms with van der Waals surface area (Å²) in [5.41, 5.74) is 1.29. The van der Waals surface area contributed by atoms with Crippen LogP contribution in [0.1, 0.15) is 5.69 Å². The van der Waals surface area contributed by atoms with Crippen molar-refractivity contribution in [3.05, 3.63) is 46.3 Å². The molecule has 7 heteroatoms. The first-order chi connectivity index (χ1) is 9.13. The van der Waals surface area contributed by atoms with Crippen molar-refractivity contribution in [2.45, 2.75) is 6.54 Å². The number of nitro groups is 1. The van der Waals surface area contributed by atoms with Gasteiger partial charge in [0.05, 0.1) is 24.3 Å². The van der Waals surface area contributed by atoms with Crippen molar-refractivity contribution < 1.29 is 9.66 Å². The van der Waals surface area contributed by atoms with Gasteiger partial charge in [0.2, 0.25) is 0 Å². The van der Waals surface area contributed by atoms with Crippen molar-refractivity contribution in [3.63, 3.8) is 0 Å². The molecule has 0 spiro atoms. The number of para-hydroxylation sites is 1. The Kier molecular flexibility index (Phi) is 3.65. The lowest BCUT2D eigenvalue weighted by atomic mass is 10.2. The number of benzene rings is 1. The van der Waals surface area contributed by atoms with E-state index in [4.69, 9.17) is 4.74 Å². The van der Waals surface area contributed by atoms with Crippen LogP contribution in [0.2, 0.25) is 0 Å². The molecule has 0 saturated heterocycles. The van der Waals surface area contributed by atoms with E-state index in [1.54, 1.807) is 29.1 Å². The van der Waals surface area contributed by atoms with E-state index >= 15 is 0 Å². The van der Waals surface area contributed by atoms with Crippen LogP contribution in [0.4, 0.5) is 11.4 Å². The molecule has 19 heavy (non-hydrogen) atoms. The topological polar surface area (TPSA) is 82.2 Å². The van der Waals surface area contributed by atoms with Gasteiger partial charge in [0.15, 0.2) is 5.75 Å². The summed E-state index contributed by atoms with van der Waals surface area (Å²) in [5, 5.41) is 18.2. The molecule has 0 aliphatic carbocycles. The number of hydrogen-bond acceptors (Lipinski definition) is 5. The Bertz CT molecular complexity index is 594. The summed E-state index contributed by atoms with van der Waals surface area (Å²) in [6.45, 7) is 0.449. The summed E-state index contributed by atoms with van der Waals surface area (Å²) in [7, 11) is 3.23. The molecule has 1 heterocycles. The summed E-state index contributed by atoms with van der Waals surface area (Å²) in [6.07, 6.45) is 1.68. The first-order valence-corrected chi connectivity index (χ1v) is 5.65. The molecule has 1 aromatic carbocycles. The zero-order chi connectivity index (χ0) is 13.8. The van der Waals surface area contributed by atoms with Crippen molar-refractivity contribution in [1.29, 1.82) is 0 Å². The fourth-order valence-corrected chi connectivity index (χ4v) is 1.78. The smallest absolute Gasteiger partial charge is 0.333 e. The highest BCUT2D eigenvalue weighted by Gasteiger charge is 2.20. The predicted octanol–water partition coefficient (Wildman–Crippen LogP) is 1.95. The minimum Gasteiger partial charge on any atom is -0.490 e. The largest absolute Gasteiger partial charge is 0.490 e. The zero-order valence-electron chi connectivity index (χ0n) is 10.7. The van der Waals surface area contributed by atoms with Crippen LogP contribution in [0.25, 0.3) is 0 Å². The number of aromatic nitrogens is 2. The minimum absolute atomic E-state index is 0.0628. The Hall–Kier alpha value is -2.57. The molecule has 0 bridgehead atoms. The molecule has 0 atom stereocenters. The van der Waals surface area contributed by atoms with E-state index in [2.05, 4.69) is 10.4 Å². The van der Waals surface area contributed by atoms with Gasteiger partial charge in [-0.3, -0.25) is 14.8 Å². The minimum atomic E-state index is -0.454. The number of anilines is 1. The van der Waals surface area contributed by atoms with Gasteiger partial charge in [-0.25, -0.2) is 0 Å². The van der Waals surface area contributed by atoms with E-state index in [0.29, 0.717) is 12.2 Å². The molecule has 2 aromatic rings.